The summed E-state index contributed by atoms with van der Waals surface area (Å²) in [6.07, 6.45) is 5.71. The van der Waals surface area contributed by atoms with Crippen molar-refractivity contribution in [3.63, 3.8) is 0 Å². The van der Waals surface area contributed by atoms with Crippen LogP contribution in [0.25, 0.3) is 25.1 Å². The second kappa shape index (κ2) is 41.1. The molecule has 5 atom stereocenters. The second-order valence-electron chi connectivity index (χ2n) is 30.4. The van der Waals surface area contributed by atoms with Gasteiger partial charge in [0.15, 0.2) is 80.1 Å². The molecule has 0 saturated heterocycles. The van der Waals surface area contributed by atoms with Crippen LogP contribution in [0, 0.1) is 3.70 Å². The third kappa shape index (κ3) is 24.0. The van der Waals surface area contributed by atoms with Crippen molar-refractivity contribution in [3.05, 3.63) is 259 Å². The maximum absolute atomic E-state index is 12.6. The fourth-order valence-electron chi connectivity index (χ4n) is 14.1. The van der Waals surface area contributed by atoms with Crippen LogP contribution < -0.4 is 23.6 Å². The Morgan fingerprint density at radius 1 is 0.420 bits per heavy atom. The molecule has 5 unspecified atom stereocenters. The number of carboxylic acids is 2. The fourth-order valence-corrected chi connectivity index (χ4v) is 19.1. The van der Waals surface area contributed by atoms with E-state index >= 15 is 0 Å². The molecule has 8 amide bonds. The van der Waals surface area contributed by atoms with E-state index in [1.54, 1.807) is 70.1 Å². The molecular weight excluding hydrogens is 1940 g/mol. The third-order valence-electron chi connectivity index (χ3n) is 20.0. The lowest BCUT2D eigenvalue weighted by Gasteiger charge is -2.30. The Morgan fingerprint density at radius 2 is 0.771 bits per heavy atom. The van der Waals surface area contributed by atoms with Gasteiger partial charge in [-0.05, 0) is 78.8 Å². The average molecular weight is 2020 g/mol. The van der Waals surface area contributed by atoms with Gasteiger partial charge in [0, 0.05) is 179 Å². The summed E-state index contributed by atoms with van der Waals surface area (Å²) < 4.78 is 148. The Balaban J connectivity index is 0.000000134. The zero-order chi connectivity index (χ0) is 94.1. The molecule has 9 aromatic rings. The molecule has 131 heavy (non-hydrogen) atoms. The molecule has 0 saturated carbocycles. The zero-order valence-electron chi connectivity index (χ0n) is 68.9. The number of hydrogen-bond donors (Lipinski definition) is 7. The summed E-state index contributed by atoms with van der Waals surface area (Å²) >= 11 is 2.08. The van der Waals surface area contributed by atoms with Crippen LogP contribution in [0.5, 0.6) is 0 Å². The normalized spacial score (nSPS) is 19.3. The predicted octanol–water partition coefficient (Wildman–Crippen LogP) is 6.01. The van der Waals surface area contributed by atoms with Crippen LogP contribution >= 0.6 is 22.6 Å². The van der Waals surface area contributed by atoms with E-state index in [9.17, 15) is 85.7 Å². The number of hydrogen-bond acceptors (Lipinski definition) is 23. The maximum atomic E-state index is 12.6. The van der Waals surface area contributed by atoms with Crippen LogP contribution in [0.2, 0.25) is 0 Å². The molecule has 38 nitrogen and oxygen atoms in total. The first-order valence-electron chi connectivity index (χ1n) is 39.2. The SMILES string of the molecule is CC(C)(C)OC(=O)N1CCc2c(c(I)nn2C2=CC(=O)NS2=O)C1.O=C(O)C(F)(F)F.O=C(O)C(F)(F)F.O=C1C=C(n2cc3c(n2)CCN(C(=O)c2ccccc2)C3)S(=O)N1.O=C1C=C(n2cc3c(n2)CN(Cc2ccccc2)C3)S(=O)N1.O=C1C=C(n2ncc3c2CCN(C(=O)c2ccccc2)C3)S(=O)N1.O=C1C=C(n2ncc3c2CCN(Cc2ccccc2)C3)S(=O)N1. The highest BCUT2D eigenvalue weighted by atomic mass is 127. The van der Waals surface area contributed by atoms with E-state index < -0.39 is 96.6 Å². The molecule has 19 rings (SSSR count). The Morgan fingerprint density at radius 3 is 1.18 bits per heavy atom. The van der Waals surface area contributed by atoms with E-state index in [0.717, 1.165) is 102 Å². The third-order valence-corrected chi connectivity index (χ3v) is 26.2. The molecule has 7 N–H and O–H groups in total. The van der Waals surface area contributed by atoms with E-state index in [1.165, 1.54) is 46.2 Å². The number of aromatic nitrogens is 10. The second-order valence-corrected chi connectivity index (χ2v) is 37.2. The van der Waals surface area contributed by atoms with E-state index in [2.05, 4.69) is 118 Å². The molecule has 0 fully saturated rings. The number of carbonyl (C=O) groups excluding carboxylic acids is 8. The quantitative estimate of drug-likeness (QED) is 0.0575. The van der Waals surface area contributed by atoms with Crippen molar-refractivity contribution < 1.29 is 110 Å². The van der Waals surface area contributed by atoms with Crippen molar-refractivity contribution in [1.82, 2.24) is 97.0 Å². The minimum atomic E-state index is -5.08. The maximum Gasteiger partial charge on any atom is 0.490 e. The van der Waals surface area contributed by atoms with Gasteiger partial charge in [-0.2, -0.15) is 51.8 Å². The van der Waals surface area contributed by atoms with Gasteiger partial charge in [-0.15, -0.1) is 0 Å². The number of alkyl halides is 6. The van der Waals surface area contributed by atoms with Crippen molar-refractivity contribution in [3.8, 4) is 0 Å². The topological polar surface area (TPSA) is 471 Å². The monoisotopic (exact) mass is 2020 g/mol. The summed E-state index contributed by atoms with van der Waals surface area (Å²) in [7, 11) is -7.79. The van der Waals surface area contributed by atoms with Crippen LogP contribution in [0.3, 0.4) is 0 Å². The Labute approximate surface area is 765 Å². The number of carbonyl (C=O) groups is 10. The van der Waals surface area contributed by atoms with E-state index in [4.69, 9.17) is 24.5 Å². The summed E-state index contributed by atoms with van der Waals surface area (Å²) in [5.74, 6) is -7.39. The number of amides is 8. The predicted molar refractivity (Wildman–Crippen MR) is 468 cm³/mol. The van der Waals surface area contributed by atoms with Gasteiger partial charge in [0.1, 0.15) is 9.30 Å². The highest BCUT2D eigenvalue weighted by molar-refractivity contribution is 14.1. The number of fused-ring (bicyclic) bond motifs is 5. The van der Waals surface area contributed by atoms with Gasteiger partial charge in [0.2, 0.25) is 0 Å². The molecule has 688 valence electrons. The Kier molecular flexibility index (Phi) is 30.0. The number of benzene rings is 4. The molecule has 5 aromatic heterocycles. The average Bonchev–Trinajstić information content (AvgIpc) is 1.61. The van der Waals surface area contributed by atoms with E-state index in [1.807, 2.05) is 93.8 Å². The number of carboxylic acid groups (broad SMARTS) is 2. The van der Waals surface area contributed by atoms with Crippen LogP contribution in [-0.4, -0.2) is 208 Å². The minimum absolute atomic E-state index is 0.0190. The van der Waals surface area contributed by atoms with Crippen molar-refractivity contribution in [1.29, 1.82) is 0 Å². The highest BCUT2D eigenvalue weighted by Crippen LogP contribution is 2.33. The van der Waals surface area contributed by atoms with Gasteiger partial charge in [-0.25, -0.2) is 58.8 Å². The molecule has 10 aliphatic heterocycles. The Bertz CT molecular complexity index is 6190. The van der Waals surface area contributed by atoms with Gasteiger partial charge < -0.3 is 29.6 Å². The standard InChI is InChI=1S/2C16H14N4O3S.C16H16N4O2S.C15H14N4O2S.C14H17IN4O4S.2C2HF3O2/c21-14-8-15(24(23)18-14)20-10-12-9-19(7-6-13(12)17-20)16(22)11-4-2-1-3-5-11;21-14-8-15(24(23)18-14)20-13-6-7-19(10-12(13)9-17-20)16(22)11-4-2-1-3-5-11;21-15-8-16(23(22)18-15)20-14-6-7-19(11-13(14)9-17-20)10-12-4-2-1-3-5-12;20-14-6-15(22(21)17-14)19-9-12-8-18(10-13(12)16-19)7-11-4-2-1-3-5-11;1-14(2,3)23-13(21)18-5-4-9-8(7-18)12(15)16-19(9)11-6-10(20)17-24(11)22;2*3-2(4,5)1(6)7/h1-5,8,10H,6-7,9H2,(H,18,21);1-5,8-9H,6-7,10H2,(H,18,21);1-5,8-9H,6-7,10-11H2,(H,18,21);1-6,9H,7-8,10H2,(H,17,20);6H,4-5,7H2,1-3H3,(H,17,20);2*(H,6,7). The molecule has 4 aromatic carbocycles. The number of aliphatic carboxylic acids is 2. The van der Waals surface area contributed by atoms with Crippen molar-refractivity contribution >= 4 is 162 Å². The van der Waals surface area contributed by atoms with Crippen LogP contribution in [0.1, 0.15) is 109 Å². The summed E-state index contributed by atoms with van der Waals surface area (Å²) in [6.45, 7) is 13.4. The van der Waals surface area contributed by atoms with Gasteiger partial charge in [0.25, 0.3) is 41.4 Å². The zero-order valence-corrected chi connectivity index (χ0v) is 75.1. The summed E-state index contributed by atoms with van der Waals surface area (Å²) in [5.41, 5.74) is 12.9. The fraction of sp³-hybridized carbons (Fsp3) is 0.272. The summed E-state index contributed by atoms with van der Waals surface area (Å²) in [5, 5.41) is 37.9. The first-order valence-corrected chi connectivity index (χ1v) is 46.1. The molecule has 15 heterocycles. The molecule has 50 heteroatoms. The molecule has 0 spiro atoms. The summed E-state index contributed by atoms with van der Waals surface area (Å²) in [4.78, 5) is 122. The van der Waals surface area contributed by atoms with Crippen molar-refractivity contribution in [2.24, 2.45) is 0 Å². The first kappa shape index (κ1) is 95.7. The lowest BCUT2D eigenvalue weighted by atomic mass is 10.1. The van der Waals surface area contributed by atoms with E-state index in [0.29, 0.717) is 98.5 Å². The molecule has 0 aliphatic carbocycles. The smallest absolute Gasteiger partial charge is 0.475 e. The van der Waals surface area contributed by atoms with Crippen molar-refractivity contribution in [2.75, 3.05) is 26.2 Å². The Hall–Kier alpha value is -12.9. The van der Waals surface area contributed by atoms with Gasteiger partial charge in [-0.1, -0.05) is 97.1 Å². The number of halogens is 7. The highest BCUT2D eigenvalue weighted by Gasteiger charge is 2.41. The van der Waals surface area contributed by atoms with Crippen LogP contribution in [-0.2, 0) is 171 Å². The largest absolute Gasteiger partial charge is 0.490 e. The minimum Gasteiger partial charge on any atom is -0.475 e. The lowest BCUT2D eigenvalue weighted by Crippen LogP contribution is -2.40. The molecule has 0 radical (unpaired) electrons. The molecule has 10 aliphatic rings. The van der Waals surface area contributed by atoms with E-state index in [-0.39, 0.29) is 35.6 Å². The lowest BCUT2D eigenvalue weighted by molar-refractivity contribution is -0.193. The number of rotatable bonds is 11. The molecule has 0 bridgehead atoms. The van der Waals surface area contributed by atoms with Gasteiger partial charge >= 0.3 is 30.4 Å². The molecular formula is C81H77F6IN20O18S5. The summed E-state index contributed by atoms with van der Waals surface area (Å²) in [6, 6.07) is 39.0. The number of nitrogens with one attached hydrogen (secondary N) is 5. The number of ether oxygens (including phenoxy) is 1. The van der Waals surface area contributed by atoms with Crippen LogP contribution in [0.4, 0.5) is 31.1 Å². The van der Waals surface area contributed by atoms with Crippen LogP contribution in [0.15, 0.2) is 176 Å². The number of nitrogens with zero attached hydrogens (tertiary/aromatic N) is 15. The first-order chi connectivity index (χ1) is 62.2. The van der Waals surface area contributed by atoms with Gasteiger partial charge in [-0.3, -0.25) is 67.0 Å². The van der Waals surface area contributed by atoms with Crippen molar-refractivity contribution in [2.45, 2.75) is 117 Å². The van der Waals surface area contributed by atoms with Gasteiger partial charge in [0.05, 0.1) is 47.4 Å².